The lowest BCUT2D eigenvalue weighted by Crippen LogP contribution is -2.43. The second-order valence-corrected chi connectivity index (χ2v) is 11.5. The van der Waals surface area contributed by atoms with Crippen LogP contribution < -0.4 is 9.47 Å². The maximum atomic E-state index is 10.9. The predicted octanol–water partition coefficient (Wildman–Crippen LogP) is 8.54. The van der Waals surface area contributed by atoms with E-state index in [2.05, 4.69) is 36.3 Å². The zero-order valence-electron chi connectivity index (χ0n) is 26.0. The van der Waals surface area contributed by atoms with Crippen LogP contribution in [0, 0.1) is 0 Å². The number of unbranched alkanes of at least 4 members (excludes halogenated alkanes) is 3. The van der Waals surface area contributed by atoms with Crippen molar-refractivity contribution in [1.29, 1.82) is 0 Å². The van der Waals surface area contributed by atoms with Gasteiger partial charge in [-0.05, 0) is 66.6 Å². The number of rotatable bonds is 15. The normalized spacial score (nSPS) is 16.1. The van der Waals surface area contributed by atoms with E-state index in [9.17, 15) is 10.2 Å². The topological polar surface area (TPSA) is 71.4 Å². The summed E-state index contributed by atoms with van der Waals surface area (Å²) in [6, 6.07) is 30.0. The molecule has 5 rings (SSSR count). The summed E-state index contributed by atoms with van der Waals surface area (Å²) in [5.41, 5.74) is 5.00. The van der Waals surface area contributed by atoms with Crippen LogP contribution in [0.2, 0.25) is 0 Å². The lowest BCUT2D eigenvalue weighted by molar-refractivity contribution is -0.188. The fourth-order valence-corrected chi connectivity index (χ4v) is 6.18. The molecule has 2 atom stereocenters. The lowest BCUT2D eigenvalue weighted by atomic mass is 9.74. The van der Waals surface area contributed by atoms with Crippen molar-refractivity contribution in [2.24, 2.45) is 0 Å². The van der Waals surface area contributed by atoms with Crippen molar-refractivity contribution in [2.45, 2.75) is 77.5 Å². The van der Waals surface area contributed by atoms with Gasteiger partial charge in [-0.2, -0.15) is 5.06 Å². The van der Waals surface area contributed by atoms with E-state index in [-0.39, 0.29) is 23.5 Å². The minimum atomic E-state index is -0.106. The molecule has 0 amide bonds. The molecule has 44 heavy (non-hydrogen) atoms. The van der Waals surface area contributed by atoms with Gasteiger partial charge in [-0.1, -0.05) is 99.0 Å². The first-order valence-electron chi connectivity index (χ1n) is 16.0. The van der Waals surface area contributed by atoms with Crippen LogP contribution in [-0.4, -0.2) is 34.5 Å². The highest BCUT2D eigenvalue weighted by molar-refractivity contribution is 5.55. The number of hydrogen-bond acceptors (Lipinski definition) is 6. The molecule has 0 aliphatic heterocycles. The molecule has 2 N–H and O–H groups in total. The first-order chi connectivity index (χ1) is 21.6. The molecule has 0 saturated heterocycles. The fourth-order valence-electron chi connectivity index (χ4n) is 6.18. The van der Waals surface area contributed by atoms with Crippen LogP contribution in [0.4, 0.5) is 0 Å². The minimum Gasteiger partial charge on any atom is -0.504 e. The van der Waals surface area contributed by atoms with Crippen LogP contribution in [0.5, 0.6) is 23.0 Å². The number of benzene rings is 4. The maximum Gasteiger partial charge on any atom is 0.161 e. The first-order valence-corrected chi connectivity index (χ1v) is 16.0. The molecule has 4 aromatic rings. The number of hydrogen-bond donors (Lipinski definition) is 2. The van der Waals surface area contributed by atoms with Crippen LogP contribution in [0.25, 0.3) is 0 Å². The average Bonchev–Trinajstić information content (AvgIpc) is 3.06. The number of nitrogens with zero attached hydrogens (tertiary/aromatic N) is 1. The van der Waals surface area contributed by atoms with E-state index >= 15 is 0 Å². The summed E-state index contributed by atoms with van der Waals surface area (Å²) in [5.74, 6) is 1.13. The average molecular weight is 596 g/mol. The smallest absolute Gasteiger partial charge is 0.161 e. The van der Waals surface area contributed by atoms with Gasteiger partial charge in [0.2, 0.25) is 0 Å². The Kier molecular flexibility index (Phi) is 11.2. The molecule has 0 heterocycles. The van der Waals surface area contributed by atoms with Crippen molar-refractivity contribution in [3.63, 3.8) is 0 Å². The molecule has 4 aromatic carbocycles. The monoisotopic (exact) mass is 595 g/mol. The quantitative estimate of drug-likeness (QED) is 0.0815. The summed E-state index contributed by atoms with van der Waals surface area (Å²) < 4.78 is 12.8. The summed E-state index contributed by atoms with van der Waals surface area (Å²) in [5, 5.41) is 23.4. The van der Waals surface area contributed by atoms with Gasteiger partial charge >= 0.3 is 0 Å². The van der Waals surface area contributed by atoms with Crippen molar-refractivity contribution < 1.29 is 24.5 Å². The molecule has 0 saturated carbocycles. The molecule has 6 heteroatoms. The van der Waals surface area contributed by atoms with E-state index in [0.717, 1.165) is 53.6 Å². The molecule has 0 radical (unpaired) electrons. The number of ether oxygens (including phenoxy) is 2. The second-order valence-electron chi connectivity index (χ2n) is 11.5. The highest BCUT2D eigenvalue weighted by Gasteiger charge is 2.37. The third kappa shape index (κ3) is 7.74. The highest BCUT2D eigenvalue weighted by Crippen LogP contribution is 2.46. The van der Waals surface area contributed by atoms with Crippen LogP contribution in [0.3, 0.4) is 0 Å². The second kappa shape index (κ2) is 15.6. The SMILES string of the molecule is CCCCCCN(OCC)C1CCc2c(ccc(O)c2O)C1c1ccc(OCc2ccccc2)c(OCc2ccccc2)c1. The van der Waals surface area contributed by atoms with Crippen LogP contribution >= 0.6 is 0 Å². The maximum absolute atomic E-state index is 10.9. The Morgan fingerprint density at radius 2 is 1.43 bits per heavy atom. The van der Waals surface area contributed by atoms with E-state index in [1.807, 2.05) is 67.6 Å². The Hall–Kier alpha value is -4.00. The molecule has 2 unspecified atom stereocenters. The molecular weight excluding hydrogens is 550 g/mol. The Morgan fingerprint density at radius 1 is 0.750 bits per heavy atom. The Morgan fingerprint density at radius 3 is 2.09 bits per heavy atom. The van der Waals surface area contributed by atoms with Gasteiger partial charge in [0.25, 0.3) is 0 Å². The van der Waals surface area contributed by atoms with Crippen LogP contribution in [-0.2, 0) is 24.5 Å². The summed E-state index contributed by atoms with van der Waals surface area (Å²) in [6.07, 6.45) is 6.05. The molecule has 1 aliphatic carbocycles. The molecule has 0 aromatic heterocycles. The predicted molar refractivity (Wildman–Crippen MR) is 174 cm³/mol. The molecule has 0 bridgehead atoms. The van der Waals surface area contributed by atoms with Gasteiger partial charge in [0.1, 0.15) is 13.2 Å². The zero-order chi connectivity index (χ0) is 30.7. The molecule has 232 valence electrons. The standard InChI is InChI=1S/C38H45NO5/c1-3-5-6-13-24-39(44-4-2)33-21-19-32-31(20-22-34(40)38(32)41)37(33)30-18-23-35(42-26-28-14-9-7-10-15-28)36(25-30)43-27-29-16-11-8-12-17-29/h7-12,14-18,20,22-23,25,33,37,40-41H,3-6,13,19,21,24,26-27H2,1-2H3. The molecule has 0 fully saturated rings. The van der Waals surface area contributed by atoms with Gasteiger partial charge < -0.3 is 19.7 Å². The van der Waals surface area contributed by atoms with Crippen LogP contribution in [0.15, 0.2) is 91.0 Å². The van der Waals surface area contributed by atoms with E-state index in [4.69, 9.17) is 14.3 Å². The molecular formula is C38H45NO5. The Balaban J connectivity index is 1.52. The van der Waals surface area contributed by atoms with E-state index in [0.29, 0.717) is 37.7 Å². The number of phenols is 2. The lowest BCUT2D eigenvalue weighted by Gasteiger charge is -2.41. The summed E-state index contributed by atoms with van der Waals surface area (Å²) >= 11 is 0. The summed E-state index contributed by atoms with van der Waals surface area (Å²) in [4.78, 5) is 6.29. The van der Waals surface area contributed by atoms with E-state index in [1.54, 1.807) is 6.07 Å². The summed E-state index contributed by atoms with van der Waals surface area (Å²) in [6.45, 7) is 6.52. The third-order valence-electron chi connectivity index (χ3n) is 8.41. The highest BCUT2D eigenvalue weighted by atomic mass is 16.7. The van der Waals surface area contributed by atoms with Gasteiger partial charge in [0, 0.05) is 24.1 Å². The number of phenolic OH excluding ortho intramolecular Hbond substituents is 2. The van der Waals surface area contributed by atoms with Crippen molar-refractivity contribution >= 4 is 0 Å². The van der Waals surface area contributed by atoms with Crippen molar-refractivity contribution in [1.82, 2.24) is 5.06 Å². The number of hydroxylamine groups is 2. The van der Waals surface area contributed by atoms with Crippen molar-refractivity contribution in [3.05, 3.63) is 119 Å². The van der Waals surface area contributed by atoms with E-state index in [1.165, 1.54) is 12.8 Å². The largest absolute Gasteiger partial charge is 0.504 e. The van der Waals surface area contributed by atoms with E-state index < -0.39 is 0 Å². The Labute approximate surface area is 261 Å². The van der Waals surface area contributed by atoms with Crippen molar-refractivity contribution in [3.8, 4) is 23.0 Å². The summed E-state index contributed by atoms with van der Waals surface area (Å²) in [7, 11) is 0. The fraction of sp³-hybridized carbons (Fsp3) is 0.368. The molecule has 0 spiro atoms. The molecule has 6 nitrogen and oxygen atoms in total. The van der Waals surface area contributed by atoms with Crippen LogP contribution in [0.1, 0.15) is 79.7 Å². The number of aromatic hydroxyl groups is 2. The first kappa shape index (κ1) is 31.4. The van der Waals surface area contributed by atoms with Gasteiger partial charge in [-0.3, -0.25) is 4.84 Å². The van der Waals surface area contributed by atoms with Crippen molar-refractivity contribution in [2.75, 3.05) is 13.2 Å². The number of fused-ring (bicyclic) bond motifs is 1. The van der Waals surface area contributed by atoms with Gasteiger partial charge in [-0.15, -0.1) is 0 Å². The third-order valence-corrected chi connectivity index (χ3v) is 8.41. The zero-order valence-corrected chi connectivity index (χ0v) is 26.0. The van der Waals surface area contributed by atoms with Gasteiger partial charge in [0.15, 0.2) is 23.0 Å². The van der Waals surface area contributed by atoms with Gasteiger partial charge in [-0.25, -0.2) is 0 Å². The molecule has 1 aliphatic rings. The Bertz CT molecular complexity index is 1460. The van der Waals surface area contributed by atoms with Gasteiger partial charge in [0.05, 0.1) is 6.61 Å². The minimum absolute atomic E-state index is 0.0276.